The predicted octanol–water partition coefficient (Wildman–Crippen LogP) is 6.76. The molecular weight excluding hydrogens is 577 g/mol. The van der Waals surface area contributed by atoms with E-state index in [2.05, 4.69) is 46.6 Å². The van der Waals surface area contributed by atoms with Crippen molar-refractivity contribution in [1.82, 2.24) is 9.97 Å². The molecule has 1 aromatic heterocycles. The fraction of sp³-hybridized carbons (Fsp3) is 0.222. The van der Waals surface area contributed by atoms with Crippen LogP contribution in [0.4, 0.5) is 4.39 Å². The summed E-state index contributed by atoms with van der Waals surface area (Å²) in [5, 5.41) is 0. The number of halogens is 6. The summed E-state index contributed by atoms with van der Waals surface area (Å²) in [5.74, 6) is 0.263. The van der Waals surface area contributed by atoms with Crippen LogP contribution >= 0.6 is 66.7 Å². The maximum atomic E-state index is 13.9. The van der Waals surface area contributed by atoms with E-state index in [1.165, 1.54) is 0 Å². The van der Waals surface area contributed by atoms with Crippen LogP contribution in [0.3, 0.4) is 0 Å². The fourth-order valence-electron chi connectivity index (χ4n) is 2.55. The number of imidazole rings is 1. The summed E-state index contributed by atoms with van der Waals surface area (Å²) in [5.41, 5.74) is 1.83. The van der Waals surface area contributed by atoms with Gasteiger partial charge in [-0.2, -0.15) is 0 Å². The fourth-order valence-corrected chi connectivity index (χ4v) is 4.26. The molecule has 1 atom stereocenters. The molecule has 2 aromatic carbocycles. The average molecular weight is 589 g/mol. The van der Waals surface area contributed by atoms with Crippen LogP contribution in [-0.2, 0) is 19.7 Å². The molecule has 29 heavy (non-hydrogen) atoms. The highest BCUT2D eigenvalue weighted by molar-refractivity contribution is 9.11. The minimum atomic E-state index is -1.75. The molecule has 3 rings (SSSR count). The van der Waals surface area contributed by atoms with Crippen molar-refractivity contribution in [2.75, 3.05) is 7.11 Å². The van der Waals surface area contributed by atoms with E-state index < -0.39 is 15.9 Å². The Labute approximate surface area is 197 Å². The van der Waals surface area contributed by atoms with Gasteiger partial charge in [-0.15, -0.1) is 0 Å². The summed E-state index contributed by atoms with van der Waals surface area (Å²) in [4.78, 5) is 18.5. The molecule has 1 unspecified atom stereocenters. The third-order valence-electron chi connectivity index (χ3n) is 3.87. The van der Waals surface area contributed by atoms with Gasteiger partial charge >= 0.3 is 5.97 Å². The maximum absolute atomic E-state index is 13.9. The number of carbonyl (C=O) groups is 1. The topological polar surface area (TPSA) is 64.2 Å². The van der Waals surface area contributed by atoms with Gasteiger partial charge in [0.1, 0.15) is 5.75 Å². The quantitative estimate of drug-likeness (QED) is 0.264. The number of carbonyl (C=O) groups excluding carboxylic acids is 1. The molecule has 0 radical (unpaired) electrons. The summed E-state index contributed by atoms with van der Waals surface area (Å²) in [6.07, 6.45) is -1.87. The van der Waals surface area contributed by atoms with Crippen LogP contribution in [0.5, 0.6) is 11.5 Å². The van der Waals surface area contributed by atoms with Crippen molar-refractivity contribution >= 4 is 83.7 Å². The number of H-pyrrole nitrogens is 1. The van der Waals surface area contributed by atoms with E-state index in [9.17, 15) is 9.18 Å². The zero-order chi connectivity index (χ0) is 21.3. The van der Waals surface area contributed by atoms with Crippen molar-refractivity contribution in [2.24, 2.45) is 0 Å². The minimum absolute atomic E-state index is 0.121. The number of esters is 1. The summed E-state index contributed by atoms with van der Waals surface area (Å²) < 4.78 is 23.7. The molecule has 0 saturated carbocycles. The second kappa shape index (κ2) is 8.98. The number of aromatic amines is 1. The molecule has 11 heteroatoms. The van der Waals surface area contributed by atoms with Crippen molar-refractivity contribution in [3.63, 3.8) is 0 Å². The minimum Gasteiger partial charge on any atom is -0.467 e. The van der Waals surface area contributed by atoms with E-state index in [0.717, 1.165) is 7.11 Å². The largest absolute Gasteiger partial charge is 0.467 e. The van der Waals surface area contributed by atoms with Crippen molar-refractivity contribution in [3.05, 3.63) is 50.7 Å². The number of hydrogen-bond acceptors (Lipinski definition) is 4. The van der Waals surface area contributed by atoms with E-state index in [1.54, 1.807) is 30.3 Å². The van der Waals surface area contributed by atoms with Gasteiger partial charge < -0.3 is 14.5 Å². The van der Waals surface area contributed by atoms with Gasteiger partial charge in [0, 0.05) is 12.5 Å². The van der Waals surface area contributed by atoms with E-state index in [4.69, 9.17) is 39.5 Å². The highest BCUT2D eigenvalue weighted by atomic mass is 79.9. The first kappa shape index (κ1) is 22.6. The lowest BCUT2D eigenvalue weighted by atomic mass is 10.1. The highest BCUT2D eigenvalue weighted by Gasteiger charge is 2.27. The lowest BCUT2D eigenvalue weighted by molar-refractivity contribution is -0.146. The Bertz CT molecular complexity index is 1050. The Balaban J connectivity index is 1.85. The first-order valence-corrected chi connectivity index (χ1v) is 10.7. The number of ether oxygens (including phenoxy) is 2. The molecule has 1 heterocycles. The first-order valence-electron chi connectivity index (χ1n) is 8.03. The third kappa shape index (κ3) is 5.35. The van der Waals surface area contributed by atoms with Gasteiger partial charge in [-0.3, -0.25) is 0 Å². The zero-order valence-corrected chi connectivity index (χ0v) is 20.1. The van der Waals surface area contributed by atoms with Crippen molar-refractivity contribution < 1.29 is 18.7 Å². The van der Waals surface area contributed by atoms with Crippen LogP contribution in [-0.4, -0.2) is 29.2 Å². The number of methoxy groups -OCH3 is 1. The van der Waals surface area contributed by atoms with Crippen LogP contribution in [0.25, 0.3) is 11.0 Å². The lowest BCUT2D eigenvalue weighted by Gasteiger charge is -2.13. The normalized spacial score (nSPS) is 12.8. The SMILES string of the molecule is COC(=O)C(F)Cc1cc(Br)c(Oc2ccc3nc(C(Cl)(Cl)Cl)[nH]c3c2)c(Br)c1. The van der Waals surface area contributed by atoms with E-state index in [-0.39, 0.29) is 12.2 Å². The summed E-state index contributed by atoms with van der Waals surface area (Å²) in [6.45, 7) is 0. The van der Waals surface area contributed by atoms with E-state index >= 15 is 0 Å². The maximum Gasteiger partial charge on any atom is 0.340 e. The summed E-state index contributed by atoms with van der Waals surface area (Å²) in [7, 11) is 1.14. The Morgan fingerprint density at radius 2 is 1.90 bits per heavy atom. The third-order valence-corrected chi connectivity index (χ3v) is 5.59. The van der Waals surface area contributed by atoms with Crippen LogP contribution < -0.4 is 4.74 Å². The smallest absolute Gasteiger partial charge is 0.340 e. The Kier molecular flexibility index (Phi) is 7.00. The van der Waals surface area contributed by atoms with E-state index in [1.807, 2.05) is 0 Å². The number of nitrogens with zero attached hydrogens (tertiary/aromatic N) is 1. The second-order valence-electron chi connectivity index (χ2n) is 5.95. The van der Waals surface area contributed by atoms with Gasteiger partial charge in [-0.1, -0.05) is 34.8 Å². The Hall–Kier alpha value is -1.06. The van der Waals surface area contributed by atoms with Gasteiger partial charge in [-0.05, 0) is 61.7 Å². The number of fused-ring (bicyclic) bond motifs is 1. The Morgan fingerprint density at radius 1 is 1.24 bits per heavy atom. The average Bonchev–Trinajstić information content (AvgIpc) is 3.07. The molecular formula is C18H12Br2Cl3FN2O3. The molecule has 0 spiro atoms. The molecule has 0 aliphatic carbocycles. The van der Waals surface area contributed by atoms with Crippen LogP contribution in [0, 0.1) is 0 Å². The second-order valence-corrected chi connectivity index (χ2v) is 9.94. The number of alkyl halides is 4. The number of benzene rings is 2. The molecule has 1 N–H and O–H groups in total. The van der Waals surface area contributed by atoms with Gasteiger partial charge in [0.25, 0.3) is 0 Å². The molecule has 0 aliphatic rings. The van der Waals surface area contributed by atoms with Gasteiger partial charge in [0.15, 0.2) is 11.6 Å². The van der Waals surface area contributed by atoms with Gasteiger partial charge in [0.05, 0.1) is 27.1 Å². The van der Waals surface area contributed by atoms with Crippen molar-refractivity contribution in [3.8, 4) is 11.5 Å². The first-order chi connectivity index (χ1) is 13.6. The lowest BCUT2D eigenvalue weighted by Crippen LogP contribution is -2.19. The van der Waals surface area contributed by atoms with E-state index in [0.29, 0.717) is 37.0 Å². The standard InChI is InChI=1S/C18H12Br2Cl3FN2O3/c1-28-16(27)12(24)6-8-4-10(19)15(11(20)5-8)29-9-2-3-13-14(7-9)26-17(25-13)18(21,22)23/h2-5,7,12H,6H2,1H3,(H,25,26). The van der Waals surface area contributed by atoms with Crippen molar-refractivity contribution in [1.29, 1.82) is 0 Å². The zero-order valence-electron chi connectivity index (χ0n) is 14.6. The number of nitrogens with one attached hydrogen (secondary N) is 1. The highest BCUT2D eigenvalue weighted by Crippen LogP contribution is 2.40. The van der Waals surface area contributed by atoms with Crippen LogP contribution in [0.15, 0.2) is 39.3 Å². The van der Waals surface area contributed by atoms with Gasteiger partial charge in [0.2, 0.25) is 9.96 Å². The molecule has 0 saturated heterocycles. The van der Waals surface area contributed by atoms with Crippen LogP contribution in [0.1, 0.15) is 11.4 Å². The number of aromatic nitrogens is 2. The molecule has 0 amide bonds. The monoisotopic (exact) mass is 586 g/mol. The molecule has 5 nitrogen and oxygen atoms in total. The summed E-state index contributed by atoms with van der Waals surface area (Å²) >= 11 is 24.4. The Morgan fingerprint density at radius 3 is 2.48 bits per heavy atom. The predicted molar refractivity (Wildman–Crippen MR) is 118 cm³/mol. The molecule has 154 valence electrons. The number of hydrogen-bond donors (Lipinski definition) is 1. The molecule has 3 aromatic rings. The number of rotatable bonds is 5. The molecule has 0 fully saturated rings. The molecule has 0 aliphatic heterocycles. The summed E-state index contributed by atoms with van der Waals surface area (Å²) in [6, 6.07) is 8.49. The van der Waals surface area contributed by atoms with Gasteiger partial charge in [-0.25, -0.2) is 14.2 Å². The molecule has 0 bridgehead atoms. The van der Waals surface area contributed by atoms with Crippen molar-refractivity contribution in [2.45, 2.75) is 16.4 Å². The van der Waals surface area contributed by atoms with Crippen LogP contribution in [0.2, 0.25) is 0 Å².